The van der Waals surface area contributed by atoms with Crippen LogP contribution in [0.15, 0.2) is 54.7 Å². The maximum Gasteiger partial charge on any atom is 0.330 e. The van der Waals surface area contributed by atoms with Crippen LogP contribution < -0.4 is 5.32 Å². The van der Waals surface area contributed by atoms with Crippen molar-refractivity contribution in [2.45, 2.75) is 13.8 Å². The predicted octanol–water partition coefficient (Wildman–Crippen LogP) is 2.82. The summed E-state index contributed by atoms with van der Waals surface area (Å²) in [5.41, 5.74) is 3.50. The Hall–Kier alpha value is -3.48. The fourth-order valence-electron chi connectivity index (χ4n) is 1.91. The van der Waals surface area contributed by atoms with Crippen molar-refractivity contribution in [2.75, 3.05) is 11.9 Å². The maximum absolute atomic E-state index is 11.8. The molecule has 0 aliphatic carbocycles. The molecule has 2 rings (SSSR count). The second-order valence-electron chi connectivity index (χ2n) is 4.98. The molecule has 7 heteroatoms. The first-order chi connectivity index (χ1) is 12.5. The zero-order chi connectivity index (χ0) is 19.4. The normalized spacial score (nSPS) is 9.77. The van der Waals surface area contributed by atoms with Gasteiger partial charge in [-0.1, -0.05) is 29.8 Å². The van der Waals surface area contributed by atoms with Crippen molar-refractivity contribution in [3.8, 4) is 11.3 Å². The van der Waals surface area contributed by atoms with Gasteiger partial charge < -0.3 is 15.2 Å². The molecule has 0 unspecified atom stereocenters. The Kier molecular flexibility index (Phi) is 8.81. The van der Waals surface area contributed by atoms with E-state index in [4.69, 9.17) is 14.6 Å². The van der Waals surface area contributed by atoms with E-state index >= 15 is 0 Å². The van der Waals surface area contributed by atoms with E-state index in [0.29, 0.717) is 5.69 Å². The number of carbonyl (C=O) groups is 3. The molecule has 1 aromatic heterocycles. The van der Waals surface area contributed by atoms with E-state index in [1.165, 1.54) is 5.56 Å². The number of nitrogens with zero attached hydrogens (tertiary/aromatic N) is 1. The van der Waals surface area contributed by atoms with E-state index in [2.05, 4.69) is 10.3 Å². The largest absolute Gasteiger partial charge is 0.483 e. The SMILES string of the molecule is CCOC(=O)/C=C/C(=O)Nc1ccnc(-c2ccc(C)cc2)c1.O=CO. The highest BCUT2D eigenvalue weighted by Crippen LogP contribution is 2.20. The summed E-state index contributed by atoms with van der Waals surface area (Å²) in [7, 11) is 0. The minimum Gasteiger partial charge on any atom is -0.483 e. The number of hydrogen-bond donors (Lipinski definition) is 2. The van der Waals surface area contributed by atoms with Crippen LogP contribution in [0.3, 0.4) is 0 Å². The van der Waals surface area contributed by atoms with Crippen LogP contribution in [0.25, 0.3) is 11.3 Å². The quantitative estimate of drug-likeness (QED) is 0.485. The molecule has 1 aromatic carbocycles. The number of nitrogens with one attached hydrogen (secondary N) is 1. The van der Waals surface area contributed by atoms with Crippen molar-refractivity contribution < 1.29 is 24.2 Å². The summed E-state index contributed by atoms with van der Waals surface area (Å²) in [4.78, 5) is 35.6. The monoisotopic (exact) mass is 356 g/mol. The van der Waals surface area contributed by atoms with Gasteiger partial charge in [-0.2, -0.15) is 0 Å². The third-order valence-corrected chi connectivity index (χ3v) is 3.03. The Labute approximate surface area is 151 Å². The van der Waals surface area contributed by atoms with E-state index < -0.39 is 11.9 Å². The fraction of sp³-hybridized carbons (Fsp3) is 0.158. The van der Waals surface area contributed by atoms with Gasteiger partial charge in [-0.15, -0.1) is 0 Å². The number of ether oxygens (including phenoxy) is 1. The number of anilines is 1. The second-order valence-corrected chi connectivity index (χ2v) is 4.98. The first kappa shape index (κ1) is 20.6. The molecule has 0 bridgehead atoms. The minimum absolute atomic E-state index is 0.250. The molecule has 7 nitrogen and oxygen atoms in total. The lowest BCUT2D eigenvalue weighted by atomic mass is 10.1. The molecule has 0 aliphatic heterocycles. The van der Waals surface area contributed by atoms with Crippen LogP contribution in [0, 0.1) is 6.92 Å². The first-order valence-corrected chi connectivity index (χ1v) is 7.77. The minimum atomic E-state index is -0.544. The standard InChI is InChI=1S/C18H18N2O3.CH2O2/c1-3-23-18(22)9-8-17(21)20-15-10-11-19-16(12-15)14-6-4-13(2)5-7-14;2-1-3/h4-12H,3H2,1-2H3,(H,19,20,21);1H,(H,2,3)/b9-8+;. The Balaban J connectivity index is 0.00000105. The molecule has 0 atom stereocenters. The number of hydrogen-bond acceptors (Lipinski definition) is 5. The average Bonchev–Trinajstić information content (AvgIpc) is 2.62. The lowest BCUT2D eigenvalue weighted by molar-refractivity contribution is -0.137. The second kappa shape index (κ2) is 11.1. The van der Waals surface area contributed by atoms with Crippen LogP contribution in [0.5, 0.6) is 0 Å². The zero-order valence-corrected chi connectivity index (χ0v) is 14.5. The molecule has 0 saturated heterocycles. The molecular formula is C19H20N2O5. The number of carbonyl (C=O) groups excluding carboxylic acids is 2. The number of pyridine rings is 1. The van der Waals surface area contributed by atoms with Crippen molar-refractivity contribution in [1.29, 1.82) is 0 Å². The Morgan fingerprint density at radius 3 is 2.46 bits per heavy atom. The number of amides is 1. The third-order valence-electron chi connectivity index (χ3n) is 3.03. The topological polar surface area (TPSA) is 106 Å². The van der Waals surface area contributed by atoms with Crippen LogP contribution in [0.1, 0.15) is 12.5 Å². The summed E-state index contributed by atoms with van der Waals surface area (Å²) in [5, 5.41) is 9.58. The van der Waals surface area contributed by atoms with Crippen molar-refractivity contribution in [3.05, 3.63) is 60.3 Å². The van der Waals surface area contributed by atoms with E-state index in [9.17, 15) is 9.59 Å². The van der Waals surface area contributed by atoms with Crippen LogP contribution in [-0.2, 0) is 19.1 Å². The van der Waals surface area contributed by atoms with Gasteiger partial charge in [0, 0.05) is 29.6 Å². The van der Waals surface area contributed by atoms with E-state index in [-0.39, 0.29) is 13.1 Å². The number of carboxylic acid groups (broad SMARTS) is 1. The summed E-state index contributed by atoms with van der Waals surface area (Å²) >= 11 is 0. The van der Waals surface area contributed by atoms with E-state index in [1.807, 2.05) is 31.2 Å². The average molecular weight is 356 g/mol. The highest BCUT2D eigenvalue weighted by molar-refractivity contribution is 6.02. The first-order valence-electron chi connectivity index (χ1n) is 7.77. The molecule has 0 aliphatic rings. The lowest BCUT2D eigenvalue weighted by Crippen LogP contribution is -2.09. The smallest absolute Gasteiger partial charge is 0.330 e. The lowest BCUT2D eigenvalue weighted by Gasteiger charge is -2.05. The number of aromatic nitrogens is 1. The van der Waals surface area contributed by atoms with Gasteiger partial charge in [0.25, 0.3) is 6.47 Å². The Morgan fingerprint density at radius 2 is 1.85 bits per heavy atom. The summed E-state index contributed by atoms with van der Waals surface area (Å²) in [5.74, 6) is -0.947. The van der Waals surface area contributed by atoms with Gasteiger partial charge in [0.1, 0.15) is 0 Å². The van der Waals surface area contributed by atoms with Crippen LogP contribution in [0.4, 0.5) is 5.69 Å². The third kappa shape index (κ3) is 7.39. The summed E-state index contributed by atoms with van der Waals surface area (Å²) in [6.45, 7) is 3.74. The predicted molar refractivity (Wildman–Crippen MR) is 97.5 cm³/mol. The zero-order valence-electron chi connectivity index (χ0n) is 14.5. The molecule has 0 radical (unpaired) electrons. The summed E-state index contributed by atoms with van der Waals surface area (Å²) in [6.07, 6.45) is 3.87. The van der Waals surface area contributed by atoms with Crippen molar-refractivity contribution in [1.82, 2.24) is 4.98 Å². The van der Waals surface area contributed by atoms with Gasteiger partial charge in [-0.3, -0.25) is 14.6 Å². The number of benzene rings is 1. The molecule has 26 heavy (non-hydrogen) atoms. The number of esters is 1. The molecule has 0 saturated carbocycles. The Bertz CT molecular complexity index is 770. The van der Waals surface area contributed by atoms with Crippen LogP contribution >= 0.6 is 0 Å². The molecule has 136 valence electrons. The van der Waals surface area contributed by atoms with Gasteiger partial charge in [-0.25, -0.2) is 4.79 Å². The van der Waals surface area contributed by atoms with Crippen LogP contribution in [0.2, 0.25) is 0 Å². The van der Waals surface area contributed by atoms with Crippen molar-refractivity contribution >= 4 is 24.0 Å². The molecule has 0 spiro atoms. The molecule has 2 N–H and O–H groups in total. The van der Waals surface area contributed by atoms with Crippen molar-refractivity contribution in [2.24, 2.45) is 0 Å². The van der Waals surface area contributed by atoms with Crippen LogP contribution in [-0.4, -0.2) is 35.0 Å². The highest BCUT2D eigenvalue weighted by atomic mass is 16.5. The molecular weight excluding hydrogens is 336 g/mol. The van der Waals surface area contributed by atoms with Crippen molar-refractivity contribution in [3.63, 3.8) is 0 Å². The summed E-state index contributed by atoms with van der Waals surface area (Å²) in [6, 6.07) is 11.4. The molecule has 0 fully saturated rings. The fourth-order valence-corrected chi connectivity index (χ4v) is 1.91. The maximum atomic E-state index is 11.8. The van der Waals surface area contributed by atoms with Gasteiger partial charge in [0.05, 0.1) is 12.3 Å². The van der Waals surface area contributed by atoms with Gasteiger partial charge >= 0.3 is 5.97 Å². The number of aryl methyl sites for hydroxylation is 1. The van der Waals surface area contributed by atoms with Gasteiger partial charge in [0.15, 0.2) is 0 Å². The summed E-state index contributed by atoms with van der Waals surface area (Å²) < 4.78 is 4.71. The molecule has 2 aromatic rings. The molecule has 1 heterocycles. The van der Waals surface area contributed by atoms with E-state index in [0.717, 1.165) is 23.4 Å². The van der Waals surface area contributed by atoms with E-state index in [1.54, 1.807) is 25.3 Å². The Morgan fingerprint density at radius 1 is 1.19 bits per heavy atom. The van der Waals surface area contributed by atoms with Gasteiger partial charge in [-0.05, 0) is 26.0 Å². The number of rotatable bonds is 5. The molecule has 1 amide bonds. The van der Waals surface area contributed by atoms with Gasteiger partial charge in [0.2, 0.25) is 5.91 Å². The highest BCUT2D eigenvalue weighted by Gasteiger charge is 2.04.